The monoisotopic (exact) mass is 394 g/mol. The number of benzene rings is 2. The largest absolute Gasteiger partial charge is 0.348 e. The van der Waals surface area contributed by atoms with Crippen molar-refractivity contribution in [3.8, 4) is 11.1 Å². The van der Waals surface area contributed by atoms with E-state index in [1.54, 1.807) is 22.9 Å². The highest BCUT2D eigenvalue weighted by molar-refractivity contribution is 8.22. The van der Waals surface area contributed by atoms with Gasteiger partial charge in [-0.1, -0.05) is 72.5 Å². The molecule has 1 aliphatic heterocycles. The molecule has 0 aromatic heterocycles. The predicted octanol–water partition coefficient (Wildman–Crippen LogP) is 5.21. The first kappa shape index (κ1) is 18.7. The van der Waals surface area contributed by atoms with Crippen LogP contribution in [0.3, 0.4) is 0 Å². The van der Waals surface area contributed by atoms with Crippen LogP contribution in [-0.4, -0.2) is 40.8 Å². The van der Waals surface area contributed by atoms with Gasteiger partial charge in [0.15, 0.2) is 0 Å². The van der Waals surface area contributed by atoms with Gasteiger partial charge in [-0.25, -0.2) is 0 Å². The van der Waals surface area contributed by atoms with Gasteiger partial charge in [-0.3, -0.25) is 4.90 Å². The molecule has 2 aliphatic carbocycles. The lowest BCUT2D eigenvalue weighted by atomic mass is 9.80. The average Bonchev–Trinajstić information content (AvgIpc) is 2.71. The van der Waals surface area contributed by atoms with Gasteiger partial charge in [0.25, 0.3) is 0 Å². The van der Waals surface area contributed by atoms with Crippen molar-refractivity contribution in [1.82, 2.24) is 9.80 Å². The molecule has 4 heteroatoms. The number of fused-ring (bicyclic) bond motifs is 5. The first-order valence-electron chi connectivity index (χ1n) is 9.59. The molecule has 2 aromatic carbocycles. The van der Waals surface area contributed by atoms with E-state index >= 15 is 0 Å². The highest BCUT2D eigenvalue weighted by atomic mass is 32.2. The highest BCUT2D eigenvalue weighted by Crippen LogP contribution is 2.38. The van der Waals surface area contributed by atoms with Crippen molar-refractivity contribution >= 4 is 34.4 Å². The van der Waals surface area contributed by atoms with Crippen LogP contribution in [-0.2, 0) is 19.3 Å². The Hall–Kier alpha value is -1.62. The molecule has 2 aromatic rings. The maximum atomic E-state index is 5.04. The Morgan fingerprint density at radius 3 is 2.59 bits per heavy atom. The Morgan fingerprint density at radius 2 is 1.78 bits per heavy atom. The number of nitrogens with zero attached hydrogens (tertiary/aromatic N) is 2. The van der Waals surface area contributed by atoms with Gasteiger partial charge in [0.1, 0.15) is 4.32 Å². The molecule has 0 N–H and O–H groups in total. The SMILES string of the molecule is C1=Cc2ccc3c(c2CC1)CCc1ccccc1-3.CN1CSC(=S)N(C)C1. The maximum Gasteiger partial charge on any atom is 0.138 e. The van der Waals surface area contributed by atoms with E-state index in [1.807, 2.05) is 7.05 Å². The van der Waals surface area contributed by atoms with Crippen molar-refractivity contribution in [3.63, 3.8) is 0 Å². The Kier molecular flexibility index (Phi) is 5.67. The summed E-state index contributed by atoms with van der Waals surface area (Å²) in [5, 5.41) is 0. The molecule has 0 radical (unpaired) electrons. The number of hydrogen-bond acceptors (Lipinski definition) is 3. The van der Waals surface area contributed by atoms with Gasteiger partial charge in [0.2, 0.25) is 0 Å². The van der Waals surface area contributed by atoms with E-state index in [4.69, 9.17) is 12.2 Å². The van der Waals surface area contributed by atoms with Crippen LogP contribution in [0.2, 0.25) is 0 Å². The van der Waals surface area contributed by atoms with Crippen molar-refractivity contribution in [2.24, 2.45) is 0 Å². The van der Waals surface area contributed by atoms with Crippen molar-refractivity contribution in [2.45, 2.75) is 25.7 Å². The summed E-state index contributed by atoms with van der Waals surface area (Å²) < 4.78 is 1.01. The third-order valence-corrected chi connectivity index (χ3v) is 7.25. The van der Waals surface area contributed by atoms with Crippen molar-refractivity contribution in [3.05, 3.63) is 64.7 Å². The fraction of sp³-hybridized carbons (Fsp3) is 0.348. The van der Waals surface area contributed by atoms with Crippen LogP contribution in [0.15, 0.2) is 42.5 Å². The minimum absolute atomic E-state index is 0.964. The van der Waals surface area contributed by atoms with Crippen LogP contribution in [0.1, 0.15) is 28.7 Å². The number of thiocarbonyl (C=S) groups is 1. The number of thioether (sulfide) groups is 1. The lowest BCUT2D eigenvalue weighted by Gasteiger charge is -2.31. The molecule has 1 heterocycles. The van der Waals surface area contributed by atoms with Crippen LogP contribution >= 0.6 is 24.0 Å². The molecule has 0 spiro atoms. The molecule has 0 atom stereocenters. The molecule has 27 heavy (non-hydrogen) atoms. The first-order valence-corrected chi connectivity index (χ1v) is 11.0. The fourth-order valence-corrected chi connectivity index (χ4v) is 5.04. The number of rotatable bonds is 0. The van der Waals surface area contributed by atoms with Crippen LogP contribution in [0.25, 0.3) is 17.2 Å². The minimum Gasteiger partial charge on any atom is -0.348 e. The van der Waals surface area contributed by atoms with E-state index < -0.39 is 0 Å². The molecular weight excluding hydrogens is 368 g/mol. The van der Waals surface area contributed by atoms with Crippen LogP contribution < -0.4 is 0 Å². The normalized spacial score (nSPS) is 18.1. The zero-order valence-electron chi connectivity index (χ0n) is 16.1. The number of hydrogen-bond donors (Lipinski definition) is 0. The third-order valence-electron chi connectivity index (χ3n) is 5.45. The van der Waals surface area contributed by atoms with Crippen molar-refractivity contribution in [1.29, 1.82) is 0 Å². The Morgan fingerprint density at radius 1 is 0.926 bits per heavy atom. The molecule has 1 saturated heterocycles. The quantitative estimate of drug-likeness (QED) is 0.566. The minimum atomic E-state index is 0.964. The summed E-state index contributed by atoms with van der Waals surface area (Å²) in [4.78, 5) is 4.30. The molecule has 0 unspecified atom stereocenters. The smallest absolute Gasteiger partial charge is 0.138 e. The topological polar surface area (TPSA) is 6.48 Å². The second-order valence-electron chi connectivity index (χ2n) is 7.49. The van der Waals surface area contributed by atoms with Crippen LogP contribution in [0.4, 0.5) is 0 Å². The summed E-state index contributed by atoms with van der Waals surface area (Å²) in [6.45, 7) is 0.964. The molecule has 0 amide bonds. The molecule has 0 saturated carbocycles. The van der Waals surface area contributed by atoms with E-state index in [-0.39, 0.29) is 0 Å². The van der Waals surface area contributed by atoms with Crippen molar-refractivity contribution < 1.29 is 0 Å². The second kappa shape index (κ2) is 8.17. The van der Waals surface area contributed by atoms with E-state index in [0.29, 0.717) is 0 Å². The van der Waals surface area contributed by atoms with Crippen LogP contribution in [0.5, 0.6) is 0 Å². The van der Waals surface area contributed by atoms with Gasteiger partial charge < -0.3 is 4.90 Å². The summed E-state index contributed by atoms with van der Waals surface area (Å²) in [6, 6.07) is 13.5. The molecule has 5 rings (SSSR count). The summed E-state index contributed by atoms with van der Waals surface area (Å²) in [5.41, 5.74) is 9.10. The van der Waals surface area contributed by atoms with Crippen molar-refractivity contribution in [2.75, 3.05) is 26.6 Å². The first-order chi connectivity index (χ1) is 13.1. The Bertz CT molecular complexity index is 888. The zero-order chi connectivity index (χ0) is 18.8. The van der Waals surface area contributed by atoms with E-state index in [9.17, 15) is 0 Å². The lowest BCUT2D eigenvalue weighted by molar-refractivity contribution is 0.278. The zero-order valence-corrected chi connectivity index (χ0v) is 17.7. The average molecular weight is 395 g/mol. The molecule has 3 aliphatic rings. The van der Waals surface area contributed by atoms with Gasteiger partial charge in [-0.2, -0.15) is 0 Å². The summed E-state index contributed by atoms with van der Waals surface area (Å²) in [7, 11) is 4.11. The third kappa shape index (κ3) is 3.98. The van der Waals surface area contributed by atoms with Gasteiger partial charge >= 0.3 is 0 Å². The lowest BCUT2D eigenvalue weighted by Crippen LogP contribution is -2.40. The Balaban J connectivity index is 0.000000170. The molecule has 1 fully saturated rings. The molecule has 0 bridgehead atoms. The number of allylic oxidation sites excluding steroid dienone is 1. The Labute approximate surface area is 172 Å². The summed E-state index contributed by atoms with van der Waals surface area (Å²) >= 11 is 6.76. The standard InChI is InChI=1S/C18H16.C5H10N2S2/c1-3-7-15-13(5-1)9-11-18-16-8-4-2-6-14(16)10-12-17(15)18;1-6-3-7(2)5(8)9-4-6/h1-3,5-7,10,12H,4,8-9,11H2;3-4H2,1-2H3. The number of aryl methyl sites for hydroxylation is 1. The maximum absolute atomic E-state index is 5.04. The van der Waals surface area contributed by atoms with Crippen LogP contribution in [0, 0.1) is 0 Å². The van der Waals surface area contributed by atoms with E-state index in [2.05, 4.69) is 65.4 Å². The fourth-order valence-electron chi connectivity index (χ4n) is 4.14. The predicted molar refractivity (Wildman–Crippen MR) is 122 cm³/mol. The van der Waals surface area contributed by atoms with E-state index in [1.165, 1.54) is 47.9 Å². The van der Waals surface area contributed by atoms with E-state index in [0.717, 1.165) is 16.9 Å². The van der Waals surface area contributed by atoms with Gasteiger partial charge in [0, 0.05) is 7.05 Å². The molecule has 2 nitrogen and oxygen atoms in total. The highest BCUT2D eigenvalue weighted by Gasteiger charge is 2.20. The summed E-state index contributed by atoms with van der Waals surface area (Å²) in [6.07, 6.45) is 9.42. The van der Waals surface area contributed by atoms with Gasteiger partial charge in [-0.05, 0) is 66.1 Å². The van der Waals surface area contributed by atoms with Gasteiger partial charge in [0.05, 0.1) is 12.5 Å². The van der Waals surface area contributed by atoms with Gasteiger partial charge in [-0.15, -0.1) is 0 Å². The molecule has 140 valence electrons. The summed E-state index contributed by atoms with van der Waals surface area (Å²) in [5.74, 6) is 1.03. The molecular formula is C23H26N2S2. The second-order valence-corrected chi connectivity index (χ2v) is 9.07.